The highest BCUT2D eigenvalue weighted by molar-refractivity contribution is 7.94. The Morgan fingerprint density at radius 2 is 1.17 bits per heavy atom. The first-order valence-electron chi connectivity index (χ1n) is 22.4. The van der Waals surface area contributed by atoms with Crippen LogP contribution in [0.15, 0.2) is 34.1 Å². The summed E-state index contributed by atoms with van der Waals surface area (Å²) >= 11 is 0.761. The van der Waals surface area contributed by atoms with Crippen LogP contribution in [0.2, 0.25) is 0 Å². The van der Waals surface area contributed by atoms with Gasteiger partial charge in [-0.3, -0.25) is 14.1 Å². The lowest BCUT2D eigenvalue weighted by Crippen LogP contribution is -2.32. The molecule has 5 rings (SSSR count). The summed E-state index contributed by atoms with van der Waals surface area (Å²) in [6, 6.07) is 7.10. The van der Waals surface area contributed by atoms with Crippen LogP contribution in [0.3, 0.4) is 0 Å². The highest BCUT2D eigenvalue weighted by Crippen LogP contribution is 2.39. The lowest BCUT2D eigenvalue weighted by atomic mass is 9.98. The van der Waals surface area contributed by atoms with E-state index in [1.54, 1.807) is 19.1 Å². The van der Waals surface area contributed by atoms with Gasteiger partial charge in [0.25, 0.3) is 10.1 Å². The number of aryl methyl sites for hydroxylation is 2. The Labute approximate surface area is 381 Å². The van der Waals surface area contributed by atoms with Gasteiger partial charge < -0.3 is 30.4 Å². The van der Waals surface area contributed by atoms with Crippen molar-refractivity contribution in [3.8, 4) is 0 Å². The zero-order valence-electron chi connectivity index (χ0n) is 38.6. The van der Waals surface area contributed by atoms with Gasteiger partial charge in [-0.05, 0) is 164 Å². The maximum Gasteiger partial charge on any atom is 0.296 e. The second-order valence-electron chi connectivity index (χ2n) is 16.1. The predicted molar refractivity (Wildman–Crippen MR) is 254 cm³/mol. The molecule has 16 nitrogen and oxygen atoms in total. The average Bonchev–Trinajstić information content (AvgIpc) is 3.93. The maximum atomic E-state index is 13.7. The number of fused-ring (bicyclic) bond motifs is 8. The zero-order valence-corrected chi connectivity index (χ0v) is 40.2. The van der Waals surface area contributed by atoms with Gasteiger partial charge in [0.15, 0.2) is 0 Å². The van der Waals surface area contributed by atoms with Crippen molar-refractivity contribution >= 4 is 78.3 Å². The summed E-state index contributed by atoms with van der Waals surface area (Å²) in [6.45, 7) is 21.6. The standard InChI is InChI=1S/C46H66N8O8S2/c1-9-47-21-13-15-23-53(11-3)43(55)19-17-33-29(5)35-25-37-31(7)45(63-62-61-57)41(51-37)26-38-32(8)46(64(58,59)60)42(52-38)27-36-30(6)34(40(50-36)28-39(33)49-35)18-20-44(56)54(12-4)24-16-14-22-48-10-2/h25-28,47-48,51-52,57H,9-24H2,1-8H3,(H,58,59,60). The predicted octanol–water partition coefficient (Wildman–Crippen LogP) is 8.50. The molecule has 0 unspecified atom stereocenters. The molecule has 0 spiro atoms. The van der Waals surface area contributed by atoms with Gasteiger partial charge in [0.1, 0.15) is 4.90 Å². The molecule has 0 radical (unpaired) electrons. The smallest absolute Gasteiger partial charge is 0.296 e. The van der Waals surface area contributed by atoms with Crippen LogP contribution in [0.25, 0.3) is 44.4 Å². The summed E-state index contributed by atoms with van der Waals surface area (Å²) < 4.78 is 41.5. The van der Waals surface area contributed by atoms with Crippen molar-refractivity contribution in [2.45, 2.75) is 117 Å². The number of aromatic amines is 2. The third-order valence-corrected chi connectivity index (χ3v) is 13.9. The van der Waals surface area contributed by atoms with Gasteiger partial charge in [-0.25, -0.2) is 15.2 Å². The molecular formula is C46H66N8O8S2. The van der Waals surface area contributed by atoms with Crippen molar-refractivity contribution in [1.82, 2.24) is 40.4 Å². The largest absolute Gasteiger partial charge is 0.354 e. The van der Waals surface area contributed by atoms with Crippen molar-refractivity contribution in [3.63, 3.8) is 0 Å². The molecule has 3 aromatic heterocycles. The lowest BCUT2D eigenvalue weighted by molar-refractivity contribution is -0.432. The number of rotatable bonds is 24. The third kappa shape index (κ3) is 12.5. The van der Waals surface area contributed by atoms with Gasteiger partial charge in [-0.15, -0.1) is 4.33 Å². The fourth-order valence-electron chi connectivity index (χ4n) is 8.33. The molecule has 0 atom stereocenters. The van der Waals surface area contributed by atoms with Crippen LogP contribution in [0.1, 0.15) is 127 Å². The summed E-state index contributed by atoms with van der Waals surface area (Å²) in [6.07, 6.45) is 5.04. The molecule has 2 aliphatic heterocycles. The Balaban J connectivity index is 1.69. The quantitative estimate of drug-likeness (QED) is 0.0164. The first-order chi connectivity index (χ1) is 30.7. The lowest BCUT2D eigenvalue weighted by Gasteiger charge is -2.21. The summed E-state index contributed by atoms with van der Waals surface area (Å²) in [5, 5.41) is 19.7. The molecule has 0 saturated carbocycles. The van der Waals surface area contributed by atoms with Crippen LogP contribution in [-0.4, -0.2) is 112 Å². The second kappa shape index (κ2) is 23.7. The molecule has 3 aromatic rings. The Kier molecular flexibility index (Phi) is 18.7. The first kappa shape index (κ1) is 50.6. The number of aromatic nitrogens is 4. The normalized spacial score (nSPS) is 13.0. The van der Waals surface area contributed by atoms with Gasteiger partial charge in [0.2, 0.25) is 11.8 Å². The molecule has 350 valence electrons. The molecule has 0 aliphatic carbocycles. The van der Waals surface area contributed by atoms with E-state index in [-0.39, 0.29) is 40.6 Å². The number of carbonyl (C=O) groups excluding carboxylic acids is 2. The number of H-pyrrole nitrogens is 2. The molecule has 8 bridgehead atoms. The van der Waals surface area contributed by atoms with Crippen molar-refractivity contribution in [1.29, 1.82) is 0 Å². The minimum Gasteiger partial charge on any atom is -0.354 e. The molecule has 0 fully saturated rings. The van der Waals surface area contributed by atoms with Gasteiger partial charge in [0.05, 0.1) is 50.7 Å². The summed E-state index contributed by atoms with van der Waals surface area (Å²) in [5.74, 6) is 0.0924. The number of nitrogens with zero attached hydrogens (tertiary/aromatic N) is 4. The summed E-state index contributed by atoms with van der Waals surface area (Å²) in [7, 11) is -4.74. The number of nitrogens with one attached hydrogen (secondary N) is 4. The topological polar surface area (TPSA) is 215 Å². The van der Waals surface area contributed by atoms with Gasteiger partial charge in [0, 0.05) is 50.1 Å². The van der Waals surface area contributed by atoms with Crippen LogP contribution < -0.4 is 10.6 Å². The summed E-state index contributed by atoms with van der Waals surface area (Å²) in [4.78, 5) is 48.3. The van der Waals surface area contributed by atoms with Crippen molar-refractivity contribution < 1.29 is 37.2 Å². The van der Waals surface area contributed by atoms with Gasteiger partial charge in [-0.2, -0.15) is 8.42 Å². The molecule has 2 amide bonds. The van der Waals surface area contributed by atoms with Crippen LogP contribution >= 0.6 is 12.0 Å². The maximum absolute atomic E-state index is 13.7. The molecule has 0 aromatic carbocycles. The van der Waals surface area contributed by atoms with Gasteiger partial charge >= 0.3 is 0 Å². The first-order valence-corrected chi connectivity index (χ1v) is 24.6. The van der Waals surface area contributed by atoms with Crippen LogP contribution in [-0.2, 0) is 29.1 Å². The second-order valence-corrected chi connectivity index (χ2v) is 18.2. The molecule has 0 saturated heterocycles. The molecule has 6 N–H and O–H groups in total. The Bertz CT molecular complexity index is 2500. The number of hydrogen-bond donors (Lipinski definition) is 6. The SMILES string of the molecule is CCNCCCCN(CC)C(=O)CCC1=C(C)c2cc3[nH]c(cc4[nH]c(cc5nc(cc1n2)C(CCC(=O)N(CC)CCCCNCC)=C5C)c(S(=O)(=O)O)c4C)c(SOOO)c3C. The monoisotopic (exact) mass is 922 g/mol. The summed E-state index contributed by atoms with van der Waals surface area (Å²) in [5.41, 5.74) is 8.31. The Morgan fingerprint density at radius 3 is 1.64 bits per heavy atom. The average molecular weight is 923 g/mol. The highest BCUT2D eigenvalue weighted by Gasteiger charge is 2.26. The Hall–Kier alpha value is -4.40. The molecule has 64 heavy (non-hydrogen) atoms. The van der Waals surface area contributed by atoms with E-state index in [1.165, 1.54) is 0 Å². The molecule has 5 heterocycles. The van der Waals surface area contributed by atoms with E-state index in [0.717, 1.165) is 91.8 Å². The third-order valence-electron chi connectivity index (χ3n) is 12.0. The van der Waals surface area contributed by atoms with E-state index < -0.39 is 10.1 Å². The van der Waals surface area contributed by atoms with E-state index in [1.807, 2.05) is 56.6 Å². The molecule has 2 aliphatic rings. The zero-order chi connectivity index (χ0) is 46.6. The van der Waals surface area contributed by atoms with Crippen molar-refractivity contribution in [2.75, 3.05) is 52.4 Å². The van der Waals surface area contributed by atoms with E-state index >= 15 is 0 Å². The fraction of sp³-hybridized carbons (Fsp3) is 0.522. The van der Waals surface area contributed by atoms with Crippen LogP contribution in [0.4, 0.5) is 0 Å². The van der Waals surface area contributed by atoms with Crippen LogP contribution in [0.5, 0.6) is 0 Å². The van der Waals surface area contributed by atoms with E-state index in [9.17, 15) is 22.6 Å². The number of hydrogen-bond acceptors (Lipinski definition) is 12. The molecular weight excluding hydrogens is 857 g/mol. The van der Waals surface area contributed by atoms with Crippen molar-refractivity contribution in [3.05, 3.63) is 58.2 Å². The van der Waals surface area contributed by atoms with Crippen LogP contribution in [0, 0.1) is 13.8 Å². The number of unbranched alkanes of at least 4 members (excludes halogenated alkanes) is 2. The minimum atomic E-state index is -4.74. The van der Waals surface area contributed by atoms with Crippen molar-refractivity contribution in [2.24, 2.45) is 0 Å². The Morgan fingerprint density at radius 1 is 0.688 bits per heavy atom. The number of carbonyl (C=O) groups is 2. The minimum absolute atomic E-state index is 0.0321. The molecule has 18 heteroatoms. The highest BCUT2D eigenvalue weighted by atomic mass is 32.2. The van der Waals surface area contributed by atoms with E-state index in [2.05, 4.69) is 39.5 Å². The van der Waals surface area contributed by atoms with Gasteiger partial charge in [-0.1, -0.05) is 18.9 Å². The van der Waals surface area contributed by atoms with E-state index in [0.29, 0.717) is 83.2 Å². The number of amides is 2. The van der Waals surface area contributed by atoms with E-state index in [4.69, 9.17) is 19.6 Å². The number of allylic oxidation sites excluding steroid dienone is 4. The fourth-order valence-corrected chi connectivity index (χ4v) is 9.75.